The molecule has 0 unspecified atom stereocenters. The number of hydrogen-bond donors (Lipinski definition) is 0. The lowest BCUT2D eigenvalue weighted by Crippen LogP contribution is -1.97. The van der Waals surface area contributed by atoms with Gasteiger partial charge in [-0.1, -0.05) is 0 Å². The summed E-state index contributed by atoms with van der Waals surface area (Å²) < 4.78 is 28.0. The monoisotopic (exact) mass is 260 g/mol. The van der Waals surface area contributed by atoms with Gasteiger partial charge in [0, 0.05) is 0 Å². The molecule has 0 N–H and O–H groups in total. The molecule has 0 bridgehead atoms. The highest BCUT2D eigenvalue weighted by atomic mass is 31.2. The molecule has 0 aromatic carbocycles. The summed E-state index contributed by atoms with van der Waals surface area (Å²) in [4.78, 5) is 0. The van der Waals surface area contributed by atoms with Crippen LogP contribution in [-0.4, -0.2) is 0 Å². The predicted molar refractivity (Wildman–Crippen MR) is 69.2 cm³/mol. The summed E-state index contributed by atoms with van der Waals surface area (Å²) in [6, 6.07) is 0. The molecule has 0 amide bonds. The van der Waals surface area contributed by atoms with Crippen LogP contribution in [0.25, 0.3) is 0 Å². The van der Waals surface area contributed by atoms with E-state index >= 15 is 0 Å². The molecular formula is C12H21O4P. The fourth-order valence-electron chi connectivity index (χ4n) is 0.743. The Morgan fingerprint density at radius 3 is 1.18 bits per heavy atom. The first-order valence-electron chi connectivity index (χ1n) is 5.44. The Labute approximate surface area is 104 Å². The summed E-state index contributed by atoms with van der Waals surface area (Å²) in [5, 5.41) is 0. The first-order valence-corrected chi connectivity index (χ1v) is 6.90. The predicted octanol–water partition coefficient (Wildman–Crippen LogP) is 4.92. The van der Waals surface area contributed by atoms with Gasteiger partial charge in [-0.3, -0.25) is 0 Å². The second-order valence-corrected chi connectivity index (χ2v) is 4.86. The van der Waals surface area contributed by atoms with Crippen LogP contribution in [0.15, 0.2) is 35.5 Å². The number of hydrogen-bond acceptors (Lipinski definition) is 4. The zero-order chi connectivity index (χ0) is 13.5. The maximum absolute atomic E-state index is 12.3. The summed E-state index contributed by atoms with van der Waals surface area (Å²) in [7, 11) is -3.64. The summed E-state index contributed by atoms with van der Waals surface area (Å²) in [5.74, 6) is 1.46. The highest BCUT2D eigenvalue weighted by Crippen LogP contribution is 2.54. The molecule has 0 atom stereocenters. The molecule has 0 heterocycles. The number of phosphoric acid groups is 1. The Kier molecular flexibility index (Phi) is 6.74. The van der Waals surface area contributed by atoms with Gasteiger partial charge in [-0.05, 0) is 59.8 Å². The van der Waals surface area contributed by atoms with Crippen molar-refractivity contribution in [2.75, 3.05) is 0 Å². The van der Waals surface area contributed by atoms with Crippen molar-refractivity contribution in [2.45, 2.75) is 41.5 Å². The Hall–Kier alpha value is -1.15. The molecule has 0 fully saturated rings. The maximum atomic E-state index is 12.3. The molecule has 0 aliphatic carbocycles. The van der Waals surface area contributed by atoms with Crippen molar-refractivity contribution in [3.63, 3.8) is 0 Å². The van der Waals surface area contributed by atoms with Gasteiger partial charge in [0.15, 0.2) is 0 Å². The van der Waals surface area contributed by atoms with Gasteiger partial charge in [0.05, 0.1) is 0 Å². The molecule has 0 aromatic rings. The van der Waals surface area contributed by atoms with Crippen LogP contribution >= 0.6 is 7.82 Å². The Morgan fingerprint density at radius 2 is 1.00 bits per heavy atom. The molecule has 5 heteroatoms. The summed E-state index contributed by atoms with van der Waals surface area (Å²) >= 11 is 0. The van der Waals surface area contributed by atoms with Gasteiger partial charge >= 0.3 is 7.82 Å². The second-order valence-electron chi connectivity index (χ2n) is 3.42. The standard InChI is InChI=1S/C12H21O4P/c1-7-10(4)14-17(13,15-11(5)8-2)16-12(6)9-3/h7-9H,1-6H3/b10-7+,11-8+,12-9+. The molecule has 0 spiro atoms. The van der Waals surface area contributed by atoms with Crippen molar-refractivity contribution in [1.29, 1.82) is 0 Å². The highest BCUT2D eigenvalue weighted by Gasteiger charge is 2.32. The highest BCUT2D eigenvalue weighted by molar-refractivity contribution is 7.48. The molecule has 98 valence electrons. The molecule has 0 aromatic heterocycles. The Morgan fingerprint density at radius 1 is 0.765 bits per heavy atom. The van der Waals surface area contributed by atoms with E-state index in [1.807, 2.05) is 0 Å². The van der Waals surface area contributed by atoms with E-state index in [0.29, 0.717) is 17.3 Å². The van der Waals surface area contributed by atoms with Crippen LogP contribution in [-0.2, 0) is 18.1 Å². The van der Waals surface area contributed by atoms with E-state index in [-0.39, 0.29) is 0 Å². The van der Waals surface area contributed by atoms with Gasteiger partial charge in [-0.2, -0.15) is 4.57 Å². The van der Waals surface area contributed by atoms with Crippen LogP contribution in [0.5, 0.6) is 0 Å². The van der Waals surface area contributed by atoms with E-state index in [0.717, 1.165) is 0 Å². The third kappa shape index (κ3) is 6.22. The largest absolute Gasteiger partial charge is 0.646 e. The number of phosphoric ester groups is 1. The minimum Gasteiger partial charge on any atom is -0.391 e. The van der Waals surface area contributed by atoms with Crippen molar-refractivity contribution in [1.82, 2.24) is 0 Å². The summed E-state index contributed by atoms with van der Waals surface area (Å²) in [5.41, 5.74) is 0. The van der Waals surface area contributed by atoms with Gasteiger partial charge in [-0.25, -0.2) is 0 Å². The number of rotatable bonds is 6. The third-order valence-electron chi connectivity index (χ3n) is 1.99. The van der Waals surface area contributed by atoms with Gasteiger partial charge in [0.25, 0.3) is 0 Å². The van der Waals surface area contributed by atoms with E-state index in [4.69, 9.17) is 13.6 Å². The Bertz CT molecular complexity index is 323. The summed E-state index contributed by atoms with van der Waals surface area (Å²) in [6.07, 6.45) is 5.07. The average molecular weight is 260 g/mol. The Balaban J connectivity index is 5.00. The van der Waals surface area contributed by atoms with Gasteiger partial charge < -0.3 is 13.6 Å². The first kappa shape index (κ1) is 15.9. The lowest BCUT2D eigenvalue weighted by molar-refractivity contribution is 0.194. The van der Waals surface area contributed by atoms with Gasteiger partial charge in [-0.15, -0.1) is 0 Å². The average Bonchev–Trinajstić information content (AvgIpc) is 2.27. The van der Waals surface area contributed by atoms with Gasteiger partial charge in [0.2, 0.25) is 0 Å². The molecule has 0 radical (unpaired) electrons. The summed E-state index contributed by atoms with van der Waals surface area (Å²) in [6.45, 7) is 10.4. The quantitative estimate of drug-likeness (QED) is 0.502. The second kappa shape index (κ2) is 7.23. The van der Waals surface area contributed by atoms with E-state index in [1.165, 1.54) is 0 Å². The zero-order valence-corrected chi connectivity index (χ0v) is 12.2. The maximum Gasteiger partial charge on any atom is 0.646 e. The van der Waals surface area contributed by atoms with Crippen LogP contribution in [0.4, 0.5) is 0 Å². The number of allylic oxidation sites excluding steroid dienone is 6. The van der Waals surface area contributed by atoms with Crippen LogP contribution in [0, 0.1) is 0 Å². The van der Waals surface area contributed by atoms with Crippen LogP contribution < -0.4 is 0 Å². The van der Waals surface area contributed by atoms with Crippen molar-refractivity contribution in [3.8, 4) is 0 Å². The van der Waals surface area contributed by atoms with Gasteiger partial charge in [0.1, 0.15) is 17.3 Å². The molecule has 0 rings (SSSR count). The third-order valence-corrected chi connectivity index (χ3v) is 3.52. The van der Waals surface area contributed by atoms with E-state index < -0.39 is 7.82 Å². The smallest absolute Gasteiger partial charge is 0.391 e. The van der Waals surface area contributed by atoms with E-state index in [2.05, 4.69) is 0 Å². The zero-order valence-electron chi connectivity index (χ0n) is 11.3. The van der Waals surface area contributed by atoms with Crippen molar-refractivity contribution < 1.29 is 18.1 Å². The molecule has 17 heavy (non-hydrogen) atoms. The molecule has 0 saturated heterocycles. The molecule has 0 aliphatic rings. The SMILES string of the molecule is C/C=C(\C)OP(=O)(O/C(C)=C/C)O/C(C)=C/C. The normalized spacial score (nSPS) is 14.6. The van der Waals surface area contributed by atoms with Crippen LogP contribution in [0.1, 0.15) is 41.5 Å². The van der Waals surface area contributed by atoms with E-state index in [9.17, 15) is 4.57 Å². The molecule has 4 nitrogen and oxygen atoms in total. The van der Waals surface area contributed by atoms with Crippen molar-refractivity contribution in [3.05, 3.63) is 35.5 Å². The van der Waals surface area contributed by atoms with Crippen LogP contribution in [0.2, 0.25) is 0 Å². The topological polar surface area (TPSA) is 44.8 Å². The molecular weight excluding hydrogens is 239 g/mol. The van der Waals surface area contributed by atoms with Crippen molar-refractivity contribution >= 4 is 7.82 Å². The van der Waals surface area contributed by atoms with Crippen LogP contribution in [0.3, 0.4) is 0 Å². The fourth-order valence-corrected chi connectivity index (χ4v) is 2.23. The molecule has 0 aliphatic heterocycles. The van der Waals surface area contributed by atoms with Crippen molar-refractivity contribution in [2.24, 2.45) is 0 Å². The fraction of sp³-hybridized carbons (Fsp3) is 0.500. The minimum atomic E-state index is -3.64. The van der Waals surface area contributed by atoms with E-state index in [1.54, 1.807) is 59.8 Å². The minimum absolute atomic E-state index is 0.487. The lowest BCUT2D eigenvalue weighted by atomic mass is 10.5. The molecule has 0 saturated carbocycles. The lowest BCUT2D eigenvalue weighted by Gasteiger charge is -2.19. The first-order chi connectivity index (χ1) is 7.86.